The van der Waals surface area contributed by atoms with Crippen LogP contribution < -0.4 is 5.32 Å². The number of amides is 2. The van der Waals surface area contributed by atoms with E-state index in [1.54, 1.807) is 0 Å². The van der Waals surface area contributed by atoms with Gasteiger partial charge in [-0.1, -0.05) is 0 Å². The summed E-state index contributed by atoms with van der Waals surface area (Å²) in [7, 11) is 1.47. The maximum absolute atomic E-state index is 11.9. The van der Waals surface area contributed by atoms with Gasteiger partial charge in [0.25, 0.3) is 5.91 Å². The molecule has 1 aliphatic rings. The summed E-state index contributed by atoms with van der Waals surface area (Å²) in [5.74, 6) is -1.10. The molecule has 1 heterocycles. The molecule has 0 radical (unpaired) electrons. The predicted octanol–water partition coefficient (Wildman–Crippen LogP) is -0.0829. The number of thioether (sulfide) groups is 1. The van der Waals surface area contributed by atoms with Crippen LogP contribution in [0.25, 0.3) is 0 Å². The number of carboxylic acid groups (broad SMARTS) is 1. The van der Waals surface area contributed by atoms with Gasteiger partial charge >= 0.3 is 5.97 Å². The molecule has 0 saturated heterocycles. The zero-order chi connectivity index (χ0) is 14.4. The van der Waals surface area contributed by atoms with Crippen LogP contribution in [-0.4, -0.2) is 58.7 Å². The van der Waals surface area contributed by atoms with Crippen molar-refractivity contribution in [2.75, 3.05) is 19.1 Å². The number of hydrogen-bond donors (Lipinski definition) is 2. The number of nitrogens with zero attached hydrogens (tertiary/aromatic N) is 2. The van der Waals surface area contributed by atoms with Crippen LogP contribution in [0.15, 0.2) is 5.10 Å². The lowest BCUT2D eigenvalue weighted by Crippen LogP contribution is -2.46. The van der Waals surface area contributed by atoms with Gasteiger partial charge in [-0.3, -0.25) is 9.59 Å². The van der Waals surface area contributed by atoms with Gasteiger partial charge in [-0.05, 0) is 18.4 Å². The van der Waals surface area contributed by atoms with E-state index in [2.05, 4.69) is 10.4 Å². The van der Waals surface area contributed by atoms with Gasteiger partial charge in [-0.15, -0.1) is 0 Å². The Kier molecular flexibility index (Phi) is 5.81. The van der Waals surface area contributed by atoms with Gasteiger partial charge in [0, 0.05) is 19.9 Å². The maximum atomic E-state index is 11.9. The molecule has 19 heavy (non-hydrogen) atoms. The molecule has 1 aliphatic heterocycles. The number of carboxylic acids is 1. The third kappa shape index (κ3) is 4.55. The van der Waals surface area contributed by atoms with Crippen molar-refractivity contribution in [2.24, 2.45) is 5.10 Å². The lowest BCUT2D eigenvalue weighted by atomic mass is 10.1. The normalized spacial score (nSPS) is 16.8. The largest absolute Gasteiger partial charge is 0.480 e. The van der Waals surface area contributed by atoms with Gasteiger partial charge < -0.3 is 10.4 Å². The van der Waals surface area contributed by atoms with E-state index >= 15 is 0 Å². The summed E-state index contributed by atoms with van der Waals surface area (Å²) in [6.45, 7) is 0. The second-order valence-electron chi connectivity index (χ2n) is 4.11. The standard InChI is InChI=1S/C11H17N3O4S/c1-14-9(15)4-3-7(13-14)10(16)12-8(11(17)18)5-6-19-2/h8H,3-6H2,1-2H3,(H,12,16)(H,17,18). The van der Waals surface area contributed by atoms with Crippen molar-refractivity contribution in [1.29, 1.82) is 0 Å². The first kappa shape index (κ1) is 15.5. The summed E-state index contributed by atoms with van der Waals surface area (Å²) in [6, 6.07) is -0.925. The summed E-state index contributed by atoms with van der Waals surface area (Å²) < 4.78 is 0. The van der Waals surface area contributed by atoms with Crippen molar-refractivity contribution in [3.05, 3.63) is 0 Å². The van der Waals surface area contributed by atoms with Gasteiger partial charge in [0.05, 0.1) is 0 Å². The minimum atomic E-state index is -1.07. The minimum Gasteiger partial charge on any atom is -0.480 e. The number of aliphatic carboxylic acids is 1. The molecule has 1 rings (SSSR count). The van der Waals surface area contributed by atoms with E-state index in [0.29, 0.717) is 12.2 Å². The first-order chi connectivity index (χ1) is 8.95. The van der Waals surface area contributed by atoms with Gasteiger partial charge in [0.15, 0.2) is 0 Å². The lowest BCUT2D eigenvalue weighted by molar-refractivity contribution is -0.141. The average molecular weight is 287 g/mol. The van der Waals surface area contributed by atoms with E-state index in [9.17, 15) is 14.4 Å². The summed E-state index contributed by atoms with van der Waals surface area (Å²) in [4.78, 5) is 34.1. The molecule has 106 valence electrons. The minimum absolute atomic E-state index is 0.159. The van der Waals surface area contributed by atoms with E-state index in [-0.39, 0.29) is 24.5 Å². The average Bonchev–Trinajstić information content (AvgIpc) is 2.37. The fourth-order valence-electron chi connectivity index (χ4n) is 1.57. The van der Waals surface area contributed by atoms with Crippen LogP contribution in [0.1, 0.15) is 19.3 Å². The molecule has 0 fully saturated rings. The smallest absolute Gasteiger partial charge is 0.326 e. The van der Waals surface area contributed by atoms with Gasteiger partial charge in [0.2, 0.25) is 5.91 Å². The number of carbonyl (C=O) groups excluding carboxylic acids is 2. The number of rotatable bonds is 6. The molecular weight excluding hydrogens is 270 g/mol. The quantitative estimate of drug-likeness (QED) is 0.711. The Labute approximate surface area is 115 Å². The van der Waals surface area contributed by atoms with Crippen molar-refractivity contribution in [3.63, 3.8) is 0 Å². The second-order valence-corrected chi connectivity index (χ2v) is 5.10. The predicted molar refractivity (Wildman–Crippen MR) is 72.0 cm³/mol. The van der Waals surface area contributed by atoms with E-state index in [0.717, 1.165) is 5.01 Å². The number of hydrazone groups is 1. The molecule has 0 aromatic heterocycles. The molecule has 0 saturated carbocycles. The Balaban J connectivity index is 2.64. The monoisotopic (exact) mass is 287 g/mol. The molecule has 0 aromatic rings. The molecule has 1 unspecified atom stereocenters. The van der Waals surface area contributed by atoms with Crippen LogP contribution >= 0.6 is 11.8 Å². The van der Waals surface area contributed by atoms with Gasteiger partial charge in [-0.25, -0.2) is 9.80 Å². The first-order valence-electron chi connectivity index (χ1n) is 5.82. The Hall–Kier alpha value is -1.57. The molecule has 2 N–H and O–H groups in total. The fourth-order valence-corrected chi connectivity index (χ4v) is 2.04. The molecule has 0 aliphatic carbocycles. The number of carbonyl (C=O) groups is 3. The fraction of sp³-hybridized carbons (Fsp3) is 0.636. The topological polar surface area (TPSA) is 99.1 Å². The molecule has 0 aromatic carbocycles. The summed E-state index contributed by atoms with van der Waals surface area (Å²) >= 11 is 1.51. The zero-order valence-corrected chi connectivity index (χ0v) is 11.7. The Morgan fingerprint density at radius 1 is 1.53 bits per heavy atom. The van der Waals surface area contributed by atoms with Crippen molar-refractivity contribution in [3.8, 4) is 0 Å². The third-order valence-electron chi connectivity index (χ3n) is 2.68. The third-order valence-corrected chi connectivity index (χ3v) is 3.33. The molecule has 0 spiro atoms. The van der Waals surface area contributed by atoms with E-state index in [4.69, 9.17) is 5.11 Å². The Bertz CT molecular complexity index is 411. The second kappa shape index (κ2) is 7.13. The van der Waals surface area contributed by atoms with Crippen LogP contribution in [0, 0.1) is 0 Å². The molecular formula is C11H17N3O4S. The van der Waals surface area contributed by atoms with Crippen LogP contribution in [0.4, 0.5) is 0 Å². The van der Waals surface area contributed by atoms with Crippen molar-refractivity contribution >= 4 is 35.3 Å². The molecule has 8 heteroatoms. The number of hydrogen-bond acceptors (Lipinski definition) is 5. The zero-order valence-electron chi connectivity index (χ0n) is 10.9. The van der Waals surface area contributed by atoms with Crippen LogP contribution in [0.3, 0.4) is 0 Å². The molecule has 2 amide bonds. The summed E-state index contributed by atoms with van der Waals surface area (Å²) in [5, 5.41) is 16.4. The van der Waals surface area contributed by atoms with Crippen molar-refractivity contribution in [2.45, 2.75) is 25.3 Å². The van der Waals surface area contributed by atoms with Gasteiger partial charge in [-0.2, -0.15) is 16.9 Å². The highest BCUT2D eigenvalue weighted by Gasteiger charge is 2.26. The van der Waals surface area contributed by atoms with E-state index < -0.39 is 17.9 Å². The van der Waals surface area contributed by atoms with Crippen LogP contribution in [0.2, 0.25) is 0 Å². The first-order valence-corrected chi connectivity index (χ1v) is 7.21. The van der Waals surface area contributed by atoms with Crippen molar-refractivity contribution < 1.29 is 19.5 Å². The SMILES string of the molecule is CSCCC(NC(=O)C1=NN(C)C(=O)CC1)C(=O)O. The Morgan fingerprint density at radius 3 is 2.74 bits per heavy atom. The van der Waals surface area contributed by atoms with Gasteiger partial charge in [0.1, 0.15) is 11.8 Å². The highest BCUT2D eigenvalue weighted by molar-refractivity contribution is 7.98. The molecule has 0 bridgehead atoms. The van der Waals surface area contributed by atoms with Crippen LogP contribution in [0.5, 0.6) is 0 Å². The lowest BCUT2D eigenvalue weighted by Gasteiger charge is -2.20. The van der Waals surface area contributed by atoms with E-state index in [1.807, 2.05) is 6.26 Å². The number of nitrogens with one attached hydrogen (secondary N) is 1. The summed E-state index contributed by atoms with van der Waals surface area (Å²) in [5.41, 5.74) is 0.192. The van der Waals surface area contributed by atoms with E-state index in [1.165, 1.54) is 18.8 Å². The highest BCUT2D eigenvalue weighted by atomic mass is 32.2. The highest BCUT2D eigenvalue weighted by Crippen LogP contribution is 2.08. The van der Waals surface area contributed by atoms with Crippen molar-refractivity contribution in [1.82, 2.24) is 10.3 Å². The maximum Gasteiger partial charge on any atom is 0.326 e. The van der Waals surface area contributed by atoms with Crippen LogP contribution in [-0.2, 0) is 14.4 Å². The summed E-state index contributed by atoms with van der Waals surface area (Å²) in [6.07, 6.45) is 2.67. The molecule has 1 atom stereocenters. The molecule has 7 nitrogen and oxygen atoms in total. The Morgan fingerprint density at radius 2 is 2.21 bits per heavy atom.